The van der Waals surface area contributed by atoms with Crippen LogP contribution in [0.5, 0.6) is 0 Å². The molecule has 5 N–H and O–H groups in total. The molecule has 4 atom stereocenters. The molecule has 60 heavy (non-hydrogen) atoms. The first-order valence-corrected chi connectivity index (χ1v) is 24.6. The quantitative estimate of drug-likeness (QED) is 0.0128. The van der Waals surface area contributed by atoms with Crippen LogP contribution in [0.2, 0.25) is 0 Å². The van der Waals surface area contributed by atoms with Crippen LogP contribution in [-0.4, -0.2) is 81.6 Å². The Labute approximate surface area is 359 Å². The van der Waals surface area contributed by atoms with Crippen LogP contribution in [-0.2, 0) is 41.8 Å². The van der Waals surface area contributed by atoms with Gasteiger partial charge in [-0.3, -0.25) is 23.2 Å². The maximum Gasteiger partial charge on any atom is 0.472 e. The summed E-state index contributed by atoms with van der Waals surface area (Å²) in [4.78, 5) is 52.6. The van der Waals surface area contributed by atoms with E-state index in [1.807, 2.05) is 54.7 Å². The zero-order valence-electron chi connectivity index (χ0n) is 36.3. The molecule has 0 fully saturated rings. The Balaban J connectivity index is 4.70. The number of allylic oxidation sites excluding steroid dienone is 10. The van der Waals surface area contributed by atoms with Crippen molar-refractivity contribution in [1.29, 1.82) is 0 Å². The molecule has 0 aliphatic heterocycles. The highest BCUT2D eigenvalue weighted by molar-refractivity contribution is 7.47. The highest BCUT2D eigenvalue weighted by atomic mass is 31.2. The van der Waals surface area contributed by atoms with E-state index in [0.29, 0.717) is 25.7 Å². The molecule has 2 unspecified atom stereocenters. The predicted octanol–water partition coefficient (Wildman–Crippen LogP) is 9.83. The van der Waals surface area contributed by atoms with Gasteiger partial charge in [0.05, 0.1) is 25.9 Å². The molecule has 0 aromatic carbocycles. The van der Waals surface area contributed by atoms with Crippen LogP contribution < -0.4 is 0 Å². The van der Waals surface area contributed by atoms with E-state index in [9.17, 15) is 33.8 Å². The molecular weight excluding hydrogens is 814 g/mol. The lowest BCUT2D eigenvalue weighted by atomic mass is 10.0. The Morgan fingerprint density at radius 3 is 1.75 bits per heavy atom. The van der Waals surface area contributed by atoms with E-state index in [1.165, 1.54) is 44.9 Å². The maximum atomic E-state index is 12.6. The number of hydrogen-bond acceptors (Lipinski definition) is 11. The summed E-state index contributed by atoms with van der Waals surface area (Å²) < 4.78 is 47.6. The molecule has 0 saturated carbocycles. The van der Waals surface area contributed by atoms with Gasteiger partial charge in [-0.25, -0.2) is 9.13 Å². The molecule has 346 valence electrons. The van der Waals surface area contributed by atoms with Gasteiger partial charge in [-0.15, -0.1) is 0 Å². The van der Waals surface area contributed by atoms with Crippen LogP contribution >= 0.6 is 15.6 Å². The second-order valence-corrected chi connectivity index (χ2v) is 17.6. The summed E-state index contributed by atoms with van der Waals surface area (Å²) in [5.74, 6) is -0.390. The molecule has 0 radical (unpaired) electrons. The van der Waals surface area contributed by atoms with E-state index in [-0.39, 0.29) is 12.8 Å². The topological polar surface area (TPSA) is 216 Å². The maximum absolute atomic E-state index is 12.6. The van der Waals surface area contributed by atoms with E-state index in [2.05, 4.69) is 42.0 Å². The number of esters is 2. The zero-order chi connectivity index (χ0) is 44.7. The van der Waals surface area contributed by atoms with Gasteiger partial charge in [-0.1, -0.05) is 158 Å². The Hall–Kier alpha value is -2.48. The Morgan fingerprint density at radius 1 is 0.600 bits per heavy atom. The van der Waals surface area contributed by atoms with Crippen molar-refractivity contribution in [3.05, 3.63) is 72.9 Å². The van der Waals surface area contributed by atoms with Gasteiger partial charge >= 0.3 is 27.6 Å². The SMILES string of the molecule is CC/C=C\CC(O)/C=C/C=C/C/C=C\C/C=C\C/C=C\CCC(=O)O[C@H](COC(=O)CCCCCCCCCCCCC(C)C)COP(=O)(O)OC[C@@H](O)COP(=O)(O)O. The summed E-state index contributed by atoms with van der Waals surface area (Å²) in [7, 11) is -9.71. The van der Waals surface area contributed by atoms with Gasteiger partial charge in [0.15, 0.2) is 6.10 Å². The largest absolute Gasteiger partial charge is 0.472 e. The molecular formula is C44H76O14P2. The van der Waals surface area contributed by atoms with Crippen molar-refractivity contribution in [2.45, 2.75) is 161 Å². The van der Waals surface area contributed by atoms with E-state index >= 15 is 0 Å². The van der Waals surface area contributed by atoms with E-state index in [1.54, 1.807) is 6.08 Å². The Bertz CT molecular complexity index is 1370. The summed E-state index contributed by atoms with van der Waals surface area (Å²) in [6.45, 7) is 3.73. The number of hydrogen-bond donors (Lipinski definition) is 5. The fourth-order valence-corrected chi connectivity index (χ4v) is 6.50. The molecule has 0 rings (SSSR count). The summed E-state index contributed by atoms with van der Waals surface area (Å²) in [6, 6.07) is 0. The van der Waals surface area contributed by atoms with Gasteiger partial charge in [0, 0.05) is 12.8 Å². The minimum Gasteiger partial charge on any atom is -0.462 e. The monoisotopic (exact) mass is 890 g/mol. The highest BCUT2D eigenvalue weighted by Gasteiger charge is 2.28. The number of carbonyl (C=O) groups is 2. The second-order valence-electron chi connectivity index (χ2n) is 14.9. The molecule has 0 aromatic rings. The Kier molecular flexibility index (Phi) is 36.6. The number of unbranched alkanes of at least 4 members (excludes halogenated alkanes) is 9. The van der Waals surface area contributed by atoms with Crippen molar-refractivity contribution in [3.8, 4) is 0 Å². The minimum absolute atomic E-state index is 0.0118. The highest BCUT2D eigenvalue weighted by Crippen LogP contribution is 2.43. The Morgan fingerprint density at radius 2 is 1.15 bits per heavy atom. The molecule has 14 nitrogen and oxygen atoms in total. The van der Waals surface area contributed by atoms with Crippen molar-refractivity contribution in [1.82, 2.24) is 0 Å². The predicted molar refractivity (Wildman–Crippen MR) is 236 cm³/mol. The average molecular weight is 891 g/mol. The van der Waals surface area contributed by atoms with Gasteiger partial charge in [0.2, 0.25) is 0 Å². The first-order valence-electron chi connectivity index (χ1n) is 21.6. The number of aliphatic hydroxyl groups is 2. The van der Waals surface area contributed by atoms with Crippen molar-refractivity contribution >= 4 is 27.6 Å². The van der Waals surface area contributed by atoms with Gasteiger partial charge < -0.3 is 34.4 Å². The molecule has 0 aliphatic rings. The van der Waals surface area contributed by atoms with Gasteiger partial charge in [0.25, 0.3) is 0 Å². The van der Waals surface area contributed by atoms with Gasteiger partial charge in [0.1, 0.15) is 12.7 Å². The van der Waals surface area contributed by atoms with Crippen molar-refractivity contribution < 1.29 is 66.7 Å². The molecule has 0 spiro atoms. The van der Waals surface area contributed by atoms with Crippen molar-refractivity contribution in [2.24, 2.45) is 5.92 Å². The third-order valence-electron chi connectivity index (χ3n) is 8.62. The number of phosphoric acid groups is 2. The van der Waals surface area contributed by atoms with Crippen molar-refractivity contribution in [2.75, 3.05) is 26.4 Å². The number of aliphatic hydroxyl groups excluding tert-OH is 2. The van der Waals surface area contributed by atoms with Crippen LogP contribution in [0.25, 0.3) is 0 Å². The number of carbonyl (C=O) groups excluding carboxylic acids is 2. The lowest BCUT2D eigenvalue weighted by Gasteiger charge is -2.20. The lowest BCUT2D eigenvalue weighted by molar-refractivity contribution is -0.161. The molecule has 0 aliphatic carbocycles. The van der Waals surface area contributed by atoms with Crippen molar-refractivity contribution in [3.63, 3.8) is 0 Å². The number of ether oxygens (including phenoxy) is 2. The molecule has 0 heterocycles. The summed E-state index contributed by atoms with van der Waals surface area (Å²) >= 11 is 0. The first-order chi connectivity index (χ1) is 28.6. The van der Waals surface area contributed by atoms with Gasteiger partial charge in [-0.2, -0.15) is 0 Å². The molecule has 0 saturated heterocycles. The standard InChI is InChI=1S/C44H76O14P2/c1-4-5-25-31-40(45)32-27-22-18-14-9-7-6-8-10-16-20-24-29-34-44(48)58-42(38-57-60(52,53)56-36-41(46)35-55-59(49,50)51)37-54-43(47)33-28-23-19-15-12-11-13-17-21-26-30-39(2)3/h5,7-10,18,20,22,24-25,27,32,39-42,45-46H,4,6,11-17,19,21,23,26,28-31,33-38H2,1-3H3,(H,52,53)(H2,49,50,51)/b9-7-,10-8-,22-18+,24-20-,25-5-,32-27+/t40?,41-,42+/m0/s1. The molecule has 0 aromatic heterocycles. The molecule has 0 amide bonds. The lowest BCUT2D eigenvalue weighted by Crippen LogP contribution is -2.29. The first kappa shape index (κ1) is 57.5. The normalized spacial score (nSPS) is 15.3. The van der Waals surface area contributed by atoms with Gasteiger partial charge in [-0.05, 0) is 50.9 Å². The van der Waals surface area contributed by atoms with E-state index in [4.69, 9.17) is 23.8 Å². The summed E-state index contributed by atoms with van der Waals surface area (Å²) in [6.07, 6.45) is 36.8. The van der Waals surface area contributed by atoms with E-state index < -0.39 is 72.3 Å². The van der Waals surface area contributed by atoms with Crippen LogP contribution in [0.15, 0.2) is 72.9 Å². The fourth-order valence-electron chi connectivity index (χ4n) is 5.35. The number of rotatable bonds is 39. The zero-order valence-corrected chi connectivity index (χ0v) is 38.1. The third kappa shape index (κ3) is 42.2. The van der Waals surface area contributed by atoms with E-state index in [0.717, 1.165) is 44.4 Å². The summed E-state index contributed by atoms with van der Waals surface area (Å²) in [5.41, 5.74) is 0. The van der Waals surface area contributed by atoms with Crippen LogP contribution in [0.4, 0.5) is 0 Å². The fraction of sp³-hybridized carbons (Fsp3) is 0.682. The summed E-state index contributed by atoms with van der Waals surface area (Å²) in [5, 5.41) is 19.6. The minimum atomic E-state index is -4.88. The average Bonchev–Trinajstić information content (AvgIpc) is 3.18. The molecule has 0 bridgehead atoms. The second kappa shape index (κ2) is 38.2. The van der Waals surface area contributed by atoms with Crippen LogP contribution in [0.1, 0.15) is 143 Å². The smallest absolute Gasteiger partial charge is 0.462 e. The van der Waals surface area contributed by atoms with Crippen LogP contribution in [0.3, 0.4) is 0 Å². The number of phosphoric ester groups is 2. The van der Waals surface area contributed by atoms with Crippen LogP contribution in [0, 0.1) is 5.92 Å². The third-order valence-corrected chi connectivity index (χ3v) is 10.1. The molecule has 16 heteroatoms.